The van der Waals surface area contributed by atoms with E-state index in [0.717, 1.165) is 18.5 Å². The SMILES string of the molecule is Cc1cc(C)c(N(C)C(=O)c2cc(Br)c3c(c2C)OC(C)(CC2CCN(C(=O)O)CC2)O3)c(=O)[nH]1. The molecule has 188 valence electrons. The molecule has 0 bridgehead atoms. The molecule has 2 aromatic rings. The summed E-state index contributed by atoms with van der Waals surface area (Å²) in [6.07, 6.45) is 1.19. The van der Waals surface area contributed by atoms with Crippen molar-refractivity contribution < 1.29 is 24.2 Å². The fourth-order valence-electron chi connectivity index (χ4n) is 5.08. The van der Waals surface area contributed by atoms with Crippen molar-refractivity contribution in [3.63, 3.8) is 0 Å². The van der Waals surface area contributed by atoms with E-state index in [0.29, 0.717) is 57.9 Å². The van der Waals surface area contributed by atoms with Crippen LogP contribution in [0.2, 0.25) is 0 Å². The molecular weight excluding hydrogens is 518 g/mol. The number of fused-ring (bicyclic) bond motifs is 1. The number of aromatic amines is 1. The molecule has 2 aliphatic rings. The third kappa shape index (κ3) is 4.76. The van der Waals surface area contributed by atoms with Gasteiger partial charge >= 0.3 is 6.09 Å². The Balaban J connectivity index is 1.57. The quantitative estimate of drug-likeness (QED) is 0.578. The van der Waals surface area contributed by atoms with Gasteiger partial charge in [-0.3, -0.25) is 9.59 Å². The highest BCUT2D eigenvalue weighted by molar-refractivity contribution is 9.10. The molecule has 9 nitrogen and oxygen atoms in total. The predicted molar refractivity (Wildman–Crippen MR) is 135 cm³/mol. The summed E-state index contributed by atoms with van der Waals surface area (Å²) in [5, 5.41) is 9.19. The number of hydrogen-bond acceptors (Lipinski definition) is 5. The minimum atomic E-state index is -0.927. The summed E-state index contributed by atoms with van der Waals surface area (Å²) in [6, 6.07) is 3.53. The molecule has 35 heavy (non-hydrogen) atoms. The number of carboxylic acid groups (broad SMARTS) is 1. The van der Waals surface area contributed by atoms with Crippen molar-refractivity contribution in [2.45, 2.75) is 52.7 Å². The number of benzene rings is 1. The lowest BCUT2D eigenvalue weighted by Gasteiger charge is -2.34. The first-order chi connectivity index (χ1) is 16.4. The Labute approximate surface area is 212 Å². The van der Waals surface area contributed by atoms with Gasteiger partial charge in [0.15, 0.2) is 11.5 Å². The highest BCUT2D eigenvalue weighted by Crippen LogP contribution is 2.50. The first-order valence-corrected chi connectivity index (χ1v) is 12.4. The number of ether oxygens (including phenoxy) is 2. The number of nitrogens with zero attached hydrogens (tertiary/aromatic N) is 2. The Kier molecular flexibility index (Phi) is 6.61. The van der Waals surface area contributed by atoms with Crippen LogP contribution in [-0.4, -0.2) is 52.9 Å². The Hall–Kier alpha value is -3.01. The first-order valence-electron chi connectivity index (χ1n) is 11.6. The molecule has 0 saturated carbocycles. The average molecular weight is 548 g/mol. The van der Waals surface area contributed by atoms with E-state index in [9.17, 15) is 19.5 Å². The van der Waals surface area contributed by atoms with E-state index in [4.69, 9.17) is 9.47 Å². The number of H-pyrrole nitrogens is 1. The molecule has 1 saturated heterocycles. The number of rotatable bonds is 4. The van der Waals surface area contributed by atoms with Crippen LogP contribution in [0.1, 0.15) is 53.4 Å². The Bertz CT molecular complexity index is 1250. The zero-order valence-corrected chi connectivity index (χ0v) is 22.1. The third-order valence-corrected chi connectivity index (χ3v) is 7.41. The van der Waals surface area contributed by atoms with Crippen molar-refractivity contribution in [1.29, 1.82) is 0 Å². The average Bonchev–Trinajstić information content (AvgIpc) is 3.13. The number of amides is 2. The maximum absolute atomic E-state index is 13.5. The van der Waals surface area contributed by atoms with Gasteiger partial charge in [0.2, 0.25) is 5.79 Å². The largest absolute Gasteiger partial charge is 0.465 e. The summed E-state index contributed by atoms with van der Waals surface area (Å²) in [4.78, 5) is 42.8. The Morgan fingerprint density at radius 1 is 1.20 bits per heavy atom. The van der Waals surface area contributed by atoms with Crippen molar-refractivity contribution >= 4 is 33.6 Å². The van der Waals surface area contributed by atoms with Gasteiger partial charge in [-0.15, -0.1) is 0 Å². The molecule has 2 N–H and O–H groups in total. The van der Waals surface area contributed by atoms with Crippen molar-refractivity contribution in [2.75, 3.05) is 25.0 Å². The van der Waals surface area contributed by atoms with Gasteiger partial charge < -0.3 is 29.4 Å². The van der Waals surface area contributed by atoms with Crippen LogP contribution in [0, 0.1) is 26.7 Å². The second-order valence-electron chi connectivity index (χ2n) is 9.62. The van der Waals surface area contributed by atoms with Crippen molar-refractivity contribution in [3.8, 4) is 11.5 Å². The van der Waals surface area contributed by atoms with E-state index in [2.05, 4.69) is 20.9 Å². The monoisotopic (exact) mass is 547 g/mol. The highest BCUT2D eigenvalue weighted by Gasteiger charge is 2.42. The Morgan fingerprint density at radius 3 is 2.43 bits per heavy atom. The molecule has 2 aliphatic heterocycles. The molecule has 1 atom stereocenters. The maximum Gasteiger partial charge on any atom is 0.407 e. The second-order valence-corrected chi connectivity index (χ2v) is 10.5. The summed E-state index contributed by atoms with van der Waals surface area (Å²) >= 11 is 3.53. The molecule has 10 heteroatoms. The van der Waals surface area contributed by atoms with Crippen LogP contribution in [0.25, 0.3) is 0 Å². The van der Waals surface area contributed by atoms with Crippen molar-refractivity contribution in [1.82, 2.24) is 9.88 Å². The molecule has 2 amide bonds. The zero-order valence-electron chi connectivity index (χ0n) is 20.5. The first kappa shape index (κ1) is 25.1. The fourth-order valence-corrected chi connectivity index (χ4v) is 5.57. The number of nitrogens with one attached hydrogen (secondary N) is 1. The lowest BCUT2D eigenvalue weighted by Crippen LogP contribution is -2.42. The number of piperidine rings is 1. The van der Waals surface area contributed by atoms with Gasteiger partial charge in [0.25, 0.3) is 11.5 Å². The molecule has 1 fully saturated rings. The van der Waals surface area contributed by atoms with Crippen LogP contribution in [-0.2, 0) is 0 Å². The minimum absolute atomic E-state index is 0.257. The van der Waals surface area contributed by atoms with Gasteiger partial charge in [-0.05, 0) is 73.2 Å². The molecule has 1 unspecified atom stereocenters. The van der Waals surface area contributed by atoms with Crippen LogP contribution >= 0.6 is 15.9 Å². The van der Waals surface area contributed by atoms with E-state index >= 15 is 0 Å². The van der Waals surface area contributed by atoms with Crippen LogP contribution in [0.3, 0.4) is 0 Å². The van der Waals surface area contributed by atoms with E-state index < -0.39 is 11.9 Å². The molecule has 0 spiro atoms. The molecule has 1 aromatic heterocycles. The number of pyridine rings is 1. The summed E-state index contributed by atoms with van der Waals surface area (Å²) < 4.78 is 13.1. The van der Waals surface area contributed by atoms with E-state index in [1.165, 1.54) is 9.80 Å². The number of hydrogen-bond donors (Lipinski definition) is 2. The zero-order chi connectivity index (χ0) is 25.7. The fraction of sp³-hybridized carbons (Fsp3) is 0.480. The summed E-state index contributed by atoms with van der Waals surface area (Å²) in [6.45, 7) is 8.26. The van der Waals surface area contributed by atoms with E-state index in [1.54, 1.807) is 33.9 Å². The summed E-state index contributed by atoms with van der Waals surface area (Å²) in [5.41, 5.74) is 2.45. The third-order valence-electron chi connectivity index (χ3n) is 6.82. The highest BCUT2D eigenvalue weighted by atomic mass is 79.9. The smallest absolute Gasteiger partial charge is 0.407 e. The van der Waals surface area contributed by atoms with Gasteiger partial charge in [0.1, 0.15) is 5.69 Å². The van der Waals surface area contributed by atoms with Gasteiger partial charge in [-0.25, -0.2) is 4.79 Å². The number of anilines is 1. The van der Waals surface area contributed by atoms with Crippen molar-refractivity contribution in [3.05, 3.63) is 49.3 Å². The molecule has 0 radical (unpaired) electrons. The van der Waals surface area contributed by atoms with Crippen LogP contribution in [0.15, 0.2) is 21.4 Å². The number of carbonyl (C=O) groups excluding carboxylic acids is 1. The van der Waals surface area contributed by atoms with Gasteiger partial charge in [-0.2, -0.15) is 0 Å². The molecule has 0 aliphatic carbocycles. The van der Waals surface area contributed by atoms with Gasteiger partial charge in [0.05, 0.1) is 4.47 Å². The number of carbonyl (C=O) groups is 2. The molecule has 4 rings (SSSR count). The number of aryl methyl sites for hydroxylation is 2. The maximum atomic E-state index is 13.5. The lowest BCUT2D eigenvalue weighted by molar-refractivity contribution is -0.0842. The number of halogens is 1. The Morgan fingerprint density at radius 2 is 1.83 bits per heavy atom. The predicted octanol–water partition coefficient (Wildman–Crippen LogP) is 4.61. The standard InChI is InChI=1S/C25H30BrN3O6/c1-13-10-14(2)27-22(30)19(13)28(5)23(31)17-11-18(26)21-20(15(17)3)34-25(4,35-21)12-16-6-8-29(9-7-16)24(32)33/h10-11,16H,6-9,12H2,1-5H3,(H,27,30)(H,32,33). The molecular formula is C25H30BrN3O6. The lowest BCUT2D eigenvalue weighted by atomic mass is 9.90. The topological polar surface area (TPSA) is 112 Å². The van der Waals surface area contributed by atoms with Crippen molar-refractivity contribution in [2.24, 2.45) is 5.92 Å². The number of aromatic nitrogens is 1. The van der Waals surface area contributed by atoms with Gasteiger partial charge in [0, 0.05) is 50.3 Å². The van der Waals surface area contributed by atoms with Crippen LogP contribution in [0.5, 0.6) is 11.5 Å². The normalized spacial score (nSPS) is 19.7. The minimum Gasteiger partial charge on any atom is -0.465 e. The molecule has 3 heterocycles. The summed E-state index contributed by atoms with van der Waals surface area (Å²) in [5.74, 6) is 0.0334. The summed E-state index contributed by atoms with van der Waals surface area (Å²) in [7, 11) is 1.58. The number of likely N-dealkylation sites (tertiary alicyclic amines) is 1. The van der Waals surface area contributed by atoms with E-state index in [-0.39, 0.29) is 17.4 Å². The van der Waals surface area contributed by atoms with Crippen LogP contribution < -0.4 is 19.9 Å². The van der Waals surface area contributed by atoms with E-state index in [1.807, 2.05) is 13.0 Å². The van der Waals surface area contributed by atoms with Crippen LogP contribution in [0.4, 0.5) is 10.5 Å². The van der Waals surface area contributed by atoms with Gasteiger partial charge in [-0.1, -0.05) is 0 Å². The second kappa shape index (κ2) is 9.22. The molecule has 1 aromatic carbocycles.